The third-order valence-electron chi connectivity index (χ3n) is 2.41. The summed E-state index contributed by atoms with van der Waals surface area (Å²) < 4.78 is 0. The van der Waals surface area contributed by atoms with E-state index in [-0.39, 0.29) is 5.91 Å². The molecule has 0 aliphatic rings. The van der Waals surface area contributed by atoms with Gasteiger partial charge in [-0.3, -0.25) is 4.79 Å². The molecule has 1 heterocycles. The molecule has 0 unspecified atom stereocenters. The fraction of sp³-hybridized carbons (Fsp3) is 0.583. The lowest BCUT2D eigenvalue weighted by Gasteiger charge is -2.20. The van der Waals surface area contributed by atoms with Crippen molar-refractivity contribution in [2.45, 2.75) is 26.7 Å². The predicted octanol–water partition coefficient (Wildman–Crippen LogP) is 1.78. The summed E-state index contributed by atoms with van der Waals surface area (Å²) in [5.74, 6) is 0.628. The summed E-state index contributed by atoms with van der Waals surface area (Å²) in [6, 6.07) is 3.47. The Labute approximate surface area is 102 Å². The first kappa shape index (κ1) is 13.4. The summed E-state index contributed by atoms with van der Waals surface area (Å²) in [6.07, 6.45) is 1.90. The van der Waals surface area contributed by atoms with Crippen LogP contribution in [0.5, 0.6) is 0 Å². The monoisotopic (exact) mass is 236 g/mol. The smallest absolute Gasteiger partial charge is 0.274 e. The molecular weight excluding hydrogens is 216 g/mol. The normalized spacial score (nSPS) is 10.1. The fourth-order valence-corrected chi connectivity index (χ4v) is 1.60. The van der Waals surface area contributed by atoms with Crippen LogP contribution in [0.2, 0.25) is 0 Å². The summed E-state index contributed by atoms with van der Waals surface area (Å²) in [7, 11) is 1.77. The predicted molar refractivity (Wildman–Crippen MR) is 68.1 cm³/mol. The summed E-state index contributed by atoms with van der Waals surface area (Å²) >= 11 is 0. The Kier molecular flexibility index (Phi) is 5.39. The van der Waals surface area contributed by atoms with Gasteiger partial charge in [0.05, 0.1) is 0 Å². The lowest BCUT2D eigenvalue weighted by atomic mass is 10.3. The molecule has 0 saturated carbocycles. The highest BCUT2D eigenvalue weighted by Crippen LogP contribution is 2.05. The molecule has 17 heavy (non-hydrogen) atoms. The molecule has 1 aromatic heterocycles. The number of carbonyl (C=O) groups is 1. The zero-order valence-corrected chi connectivity index (χ0v) is 10.7. The van der Waals surface area contributed by atoms with Crippen molar-refractivity contribution in [3.8, 4) is 0 Å². The third-order valence-corrected chi connectivity index (χ3v) is 2.41. The number of rotatable bonds is 6. The summed E-state index contributed by atoms with van der Waals surface area (Å²) in [6.45, 7) is 5.65. The number of amides is 1. The first-order chi connectivity index (χ1) is 8.22. The molecule has 0 aliphatic heterocycles. The van der Waals surface area contributed by atoms with Gasteiger partial charge in [0, 0.05) is 20.1 Å². The van der Waals surface area contributed by atoms with E-state index in [9.17, 15) is 4.79 Å². The fourth-order valence-electron chi connectivity index (χ4n) is 1.60. The molecule has 0 radical (unpaired) electrons. The Morgan fingerprint density at radius 3 is 2.29 bits per heavy atom. The minimum atomic E-state index is -0.0381. The zero-order chi connectivity index (χ0) is 12.7. The van der Waals surface area contributed by atoms with Crippen molar-refractivity contribution in [3.05, 3.63) is 17.8 Å². The molecular formula is C12H20N4O. The molecule has 0 atom stereocenters. The van der Waals surface area contributed by atoms with E-state index in [0.29, 0.717) is 11.5 Å². The van der Waals surface area contributed by atoms with E-state index in [1.807, 2.05) is 4.90 Å². The van der Waals surface area contributed by atoms with E-state index in [4.69, 9.17) is 0 Å². The van der Waals surface area contributed by atoms with E-state index in [2.05, 4.69) is 29.4 Å². The van der Waals surface area contributed by atoms with Crippen molar-refractivity contribution in [1.82, 2.24) is 15.1 Å². The van der Waals surface area contributed by atoms with Gasteiger partial charge in [-0.15, -0.1) is 10.2 Å². The molecule has 5 nitrogen and oxygen atoms in total. The van der Waals surface area contributed by atoms with Crippen LogP contribution in [-0.4, -0.2) is 41.1 Å². The van der Waals surface area contributed by atoms with Crippen molar-refractivity contribution in [1.29, 1.82) is 0 Å². The minimum Gasteiger partial charge on any atom is -0.372 e. The van der Waals surface area contributed by atoms with Crippen molar-refractivity contribution < 1.29 is 4.79 Å². The summed E-state index contributed by atoms with van der Waals surface area (Å²) in [5, 5.41) is 10.7. The maximum absolute atomic E-state index is 12.1. The molecule has 0 aliphatic carbocycles. The van der Waals surface area contributed by atoms with Crippen molar-refractivity contribution in [3.63, 3.8) is 0 Å². The van der Waals surface area contributed by atoms with Crippen LogP contribution in [0.3, 0.4) is 0 Å². The summed E-state index contributed by atoms with van der Waals surface area (Å²) in [5.41, 5.74) is 0.408. The second-order valence-electron chi connectivity index (χ2n) is 3.85. The average Bonchev–Trinajstić information content (AvgIpc) is 2.38. The minimum absolute atomic E-state index is 0.0381. The quantitative estimate of drug-likeness (QED) is 0.818. The maximum Gasteiger partial charge on any atom is 0.274 e. The maximum atomic E-state index is 12.1. The molecule has 1 amide bonds. The number of hydrogen-bond donors (Lipinski definition) is 1. The number of aromatic nitrogens is 2. The van der Waals surface area contributed by atoms with E-state index in [0.717, 1.165) is 25.9 Å². The highest BCUT2D eigenvalue weighted by atomic mass is 16.2. The van der Waals surface area contributed by atoms with Gasteiger partial charge >= 0.3 is 0 Å². The van der Waals surface area contributed by atoms with Crippen LogP contribution in [0.4, 0.5) is 5.82 Å². The standard InChI is InChI=1S/C12H20N4O/c1-4-8-16(9-5-2)12(17)10-6-7-11(13-3)15-14-10/h6-7H,4-5,8-9H2,1-3H3,(H,13,15). The first-order valence-corrected chi connectivity index (χ1v) is 6.03. The number of hydrogen-bond acceptors (Lipinski definition) is 4. The third kappa shape index (κ3) is 3.69. The highest BCUT2D eigenvalue weighted by Gasteiger charge is 2.15. The van der Waals surface area contributed by atoms with E-state index in [1.54, 1.807) is 19.2 Å². The van der Waals surface area contributed by atoms with Gasteiger partial charge in [-0.05, 0) is 25.0 Å². The molecule has 0 spiro atoms. The van der Waals surface area contributed by atoms with Gasteiger partial charge in [-0.25, -0.2) is 0 Å². The first-order valence-electron chi connectivity index (χ1n) is 6.03. The van der Waals surface area contributed by atoms with Crippen LogP contribution in [0.25, 0.3) is 0 Å². The van der Waals surface area contributed by atoms with Crippen LogP contribution in [0.15, 0.2) is 12.1 Å². The zero-order valence-electron chi connectivity index (χ0n) is 10.7. The van der Waals surface area contributed by atoms with Gasteiger partial charge < -0.3 is 10.2 Å². The molecule has 94 valence electrons. The molecule has 1 N–H and O–H groups in total. The molecule has 5 heteroatoms. The van der Waals surface area contributed by atoms with Crippen LogP contribution in [-0.2, 0) is 0 Å². The summed E-state index contributed by atoms with van der Waals surface area (Å²) in [4.78, 5) is 13.9. The lowest BCUT2D eigenvalue weighted by molar-refractivity contribution is 0.0748. The van der Waals surface area contributed by atoms with Crippen LogP contribution in [0.1, 0.15) is 37.2 Å². The Morgan fingerprint density at radius 1 is 1.24 bits per heavy atom. The SMILES string of the molecule is CCCN(CCC)C(=O)c1ccc(NC)nn1. The van der Waals surface area contributed by atoms with Gasteiger partial charge in [0.15, 0.2) is 5.69 Å². The molecule has 0 saturated heterocycles. The topological polar surface area (TPSA) is 58.1 Å². The van der Waals surface area contributed by atoms with Crippen molar-refractivity contribution in [2.24, 2.45) is 0 Å². The average molecular weight is 236 g/mol. The Morgan fingerprint density at radius 2 is 1.88 bits per heavy atom. The molecule has 0 bridgehead atoms. The molecule has 1 rings (SSSR count). The highest BCUT2D eigenvalue weighted by molar-refractivity contribution is 5.92. The lowest BCUT2D eigenvalue weighted by Crippen LogP contribution is -2.33. The van der Waals surface area contributed by atoms with Gasteiger partial charge in [0.25, 0.3) is 5.91 Å². The van der Waals surface area contributed by atoms with E-state index < -0.39 is 0 Å². The van der Waals surface area contributed by atoms with Crippen LogP contribution < -0.4 is 5.32 Å². The number of nitrogens with one attached hydrogen (secondary N) is 1. The molecule has 0 fully saturated rings. The number of carbonyl (C=O) groups excluding carboxylic acids is 1. The largest absolute Gasteiger partial charge is 0.372 e. The Bertz CT molecular complexity index is 344. The second kappa shape index (κ2) is 6.83. The number of anilines is 1. The van der Waals surface area contributed by atoms with Crippen molar-refractivity contribution >= 4 is 11.7 Å². The van der Waals surface area contributed by atoms with Crippen LogP contribution >= 0.6 is 0 Å². The Hall–Kier alpha value is -1.65. The van der Waals surface area contributed by atoms with Gasteiger partial charge in [-0.1, -0.05) is 13.8 Å². The van der Waals surface area contributed by atoms with Crippen LogP contribution in [0, 0.1) is 0 Å². The van der Waals surface area contributed by atoms with Gasteiger partial charge in [0.2, 0.25) is 0 Å². The Balaban J connectivity index is 2.77. The van der Waals surface area contributed by atoms with Gasteiger partial charge in [0.1, 0.15) is 5.82 Å². The van der Waals surface area contributed by atoms with E-state index >= 15 is 0 Å². The van der Waals surface area contributed by atoms with Crippen molar-refractivity contribution in [2.75, 3.05) is 25.5 Å². The number of nitrogens with zero attached hydrogens (tertiary/aromatic N) is 3. The second-order valence-corrected chi connectivity index (χ2v) is 3.85. The molecule has 1 aromatic rings. The molecule has 0 aromatic carbocycles. The van der Waals surface area contributed by atoms with E-state index in [1.165, 1.54) is 0 Å². The van der Waals surface area contributed by atoms with Gasteiger partial charge in [-0.2, -0.15) is 0 Å².